The minimum atomic E-state index is -0.756. The van der Waals surface area contributed by atoms with E-state index < -0.39 is 5.97 Å². The molecule has 3 aromatic rings. The maximum absolute atomic E-state index is 10.8. The van der Waals surface area contributed by atoms with Gasteiger partial charge in [-0.05, 0) is 49.1 Å². The lowest BCUT2D eigenvalue weighted by Gasteiger charge is -2.04. The zero-order valence-corrected chi connectivity index (χ0v) is 14.3. The molecule has 24 heavy (non-hydrogen) atoms. The van der Waals surface area contributed by atoms with Crippen molar-refractivity contribution < 1.29 is 9.90 Å². The molecule has 0 aliphatic carbocycles. The maximum Gasteiger partial charge on any atom is 0.303 e. The van der Waals surface area contributed by atoms with Crippen LogP contribution >= 0.6 is 11.3 Å². The molecule has 0 aliphatic heterocycles. The van der Waals surface area contributed by atoms with E-state index in [4.69, 9.17) is 10.1 Å². The van der Waals surface area contributed by atoms with Crippen molar-refractivity contribution in [3.63, 3.8) is 0 Å². The Morgan fingerprint density at radius 1 is 1.12 bits per heavy atom. The van der Waals surface area contributed by atoms with Crippen LogP contribution in [0, 0.1) is 6.92 Å². The Morgan fingerprint density at radius 2 is 1.88 bits per heavy atom. The minimum absolute atomic E-state index is 0.177. The minimum Gasteiger partial charge on any atom is -0.481 e. The van der Waals surface area contributed by atoms with Gasteiger partial charge in [-0.25, -0.2) is 4.98 Å². The molecule has 0 aliphatic rings. The van der Waals surface area contributed by atoms with Crippen LogP contribution in [0.4, 0.5) is 0 Å². The lowest BCUT2D eigenvalue weighted by atomic mass is 10.0. The van der Waals surface area contributed by atoms with Crippen molar-refractivity contribution in [1.82, 2.24) is 4.98 Å². The molecule has 0 saturated heterocycles. The summed E-state index contributed by atoms with van der Waals surface area (Å²) in [5.74, 6) is -0.756. The molecule has 0 saturated carbocycles. The van der Waals surface area contributed by atoms with E-state index in [9.17, 15) is 4.79 Å². The summed E-state index contributed by atoms with van der Waals surface area (Å²) in [5.41, 5.74) is 4.43. The van der Waals surface area contributed by atoms with Crippen LogP contribution in [0.2, 0.25) is 0 Å². The number of carboxylic acid groups (broad SMARTS) is 1. The number of carboxylic acids is 1. The third-order valence-electron chi connectivity index (χ3n) is 3.82. The highest BCUT2D eigenvalue weighted by Crippen LogP contribution is 2.31. The third kappa shape index (κ3) is 4.09. The number of benzene rings is 2. The molecule has 3 rings (SSSR count). The Kier molecular flexibility index (Phi) is 5.06. The van der Waals surface area contributed by atoms with Crippen molar-refractivity contribution in [1.29, 1.82) is 0 Å². The van der Waals surface area contributed by atoms with Gasteiger partial charge in [0.25, 0.3) is 0 Å². The summed E-state index contributed by atoms with van der Waals surface area (Å²) >= 11 is 1.66. The molecule has 0 spiro atoms. The molecule has 1 N–H and O–H groups in total. The Balaban J connectivity index is 1.93. The average Bonchev–Trinajstić information content (AvgIpc) is 2.99. The molecule has 0 unspecified atom stereocenters. The highest BCUT2D eigenvalue weighted by atomic mass is 32.1. The van der Waals surface area contributed by atoms with Gasteiger partial charge >= 0.3 is 5.97 Å². The number of fused-ring (bicyclic) bond motifs is 1. The van der Waals surface area contributed by atoms with Crippen LogP contribution in [0.1, 0.15) is 35.4 Å². The summed E-state index contributed by atoms with van der Waals surface area (Å²) in [6, 6.07) is 16.4. The third-order valence-corrected chi connectivity index (χ3v) is 4.94. The van der Waals surface area contributed by atoms with E-state index in [1.807, 2.05) is 18.2 Å². The standard InChI is InChI=1S/C20H19NO2S/c1-14-9-11-15(12-10-14)13-16(5-4-8-19(22)23)20-21-17-6-2-3-7-18(17)24-20/h2-3,6-7,9-13H,4-5,8H2,1H3,(H,22,23)/b16-13+. The van der Waals surface area contributed by atoms with Gasteiger partial charge in [-0.15, -0.1) is 11.3 Å². The molecule has 0 amide bonds. The van der Waals surface area contributed by atoms with Crippen LogP contribution in [-0.4, -0.2) is 16.1 Å². The lowest BCUT2D eigenvalue weighted by molar-refractivity contribution is -0.137. The van der Waals surface area contributed by atoms with Crippen LogP contribution in [0.15, 0.2) is 48.5 Å². The number of aromatic nitrogens is 1. The van der Waals surface area contributed by atoms with Crippen molar-refractivity contribution in [2.45, 2.75) is 26.2 Å². The van der Waals surface area contributed by atoms with Crippen LogP contribution < -0.4 is 0 Å². The van der Waals surface area contributed by atoms with Crippen molar-refractivity contribution in [3.05, 3.63) is 64.7 Å². The second-order valence-corrected chi connectivity index (χ2v) is 6.84. The zero-order chi connectivity index (χ0) is 16.9. The fraction of sp³-hybridized carbons (Fsp3) is 0.200. The molecule has 2 aromatic carbocycles. The van der Waals surface area contributed by atoms with Gasteiger partial charge in [0, 0.05) is 6.42 Å². The number of nitrogens with zero attached hydrogens (tertiary/aromatic N) is 1. The predicted molar refractivity (Wildman–Crippen MR) is 100 cm³/mol. The summed E-state index contributed by atoms with van der Waals surface area (Å²) < 4.78 is 1.15. The van der Waals surface area contributed by atoms with Crippen molar-refractivity contribution in [2.75, 3.05) is 0 Å². The fourth-order valence-electron chi connectivity index (χ4n) is 2.54. The predicted octanol–water partition coefficient (Wildman–Crippen LogP) is 5.40. The largest absolute Gasteiger partial charge is 0.481 e. The first-order valence-corrected chi connectivity index (χ1v) is 8.78. The van der Waals surface area contributed by atoms with E-state index >= 15 is 0 Å². The van der Waals surface area contributed by atoms with E-state index in [0.29, 0.717) is 12.8 Å². The van der Waals surface area contributed by atoms with E-state index in [1.54, 1.807) is 11.3 Å². The van der Waals surface area contributed by atoms with Gasteiger partial charge in [-0.3, -0.25) is 4.79 Å². The molecular weight excluding hydrogens is 318 g/mol. The SMILES string of the molecule is Cc1ccc(/C=C(\CCCC(=O)O)c2nc3ccccc3s2)cc1. The quantitative estimate of drug-likeness (QED) is 0.655. The van der Waals surface area contributed by atoms with E-state index in [2.05, 4.69) is 43.3 Å². The van der Waals surface area contributed by atoms with Crippen LogP contribution in [-0.2, 0) is 4.79 Å². The number of hydrogen-bond donors (Lipinski definition) is 1. The summed E-state index contributed by atoms with van der Waals surface area (Å²) in [4.78, 5) is 15.5. The van der Waals surface area contributed by atoms with Crippen molar-refractivity contribution in [3.8, 4) is 0 Å². The van der Waals surface area contributed by atoms with E-state index in [1.165, 1.54) is 5.56 Å². The van der Waals surface area contributed by atoms with Crippen LogP contribution in [0.5, 0.6) is 0 Å². The first-order chi connectivity index (χ1) is 11.6. The number of hydrogen-bond acceptors (Lipinski definition) is 3. The van der Waals surface area contributed by atoms with Gasteiger partial charge in [0.2, 0.25) is 0 Å². The smallest absolute Gasteiger partial charge is 0.303 e. The Hall–Kier alpha value is -2.46. The zero-order valence-electron chi connectivity index (χ0n) is 13.5. The van der Waals surface area contributed by atoms with Gasteiger partial charge in [0.05, 0.1) is 10.2 Å². The number of allylic oxidation sites excluding steroid dienone is 1. The van der Waals surface area contributed by atoms with Gasteiger partial charge in [-0.1, -0.05) is 42.0 Å². The summed E-state index contributed by atoms with van der Waals surface area (Å²) in [6.45, 7) is 2.06. The Morgan fingerprint density at radius 3 is 2.58 bits per heavy atom. The van der Waals surface area contributed by atoms with Gasteiger partial charge in [0.1, 0.15) is 5.01 Å². The maximum atomic E-state index is 10.8. The summed E-state index contributed by atoms with van der Waals surface area (Å²) in [7, 11) is 0. The lowest BCUT2D eigenvalue weighted by Crippen LogP contribution is -1.94. The van der Waals surface area contributed by atoms with Crippen LogP contribution in [0.25, 0.3) is 21.9 Å². The molecule has 4 heteroatoms. The van der Waals surface area contributed by atoms with Gasteiger partial charge in [0.15, 0.2) is 0 Å². The average molecular weight is 337 g/mol. The van der Waals surface area contributed by atoms with Crippen molar-refractivity contribution >= 4 is 39.2 Å². The number of carbonyl (C=O) groups is 1. The van der Waals surface area contributed by atoms with E-state index in [-0.39, 0.29) is 6.42 Å². The highest BCUT2D eigenvalue weighted by molar-refractivity contribution is 7.19. The number of rotatable bonds is 6. The summed E-state index contributed by atoms with van der Waals surface area (Å²) in [6.07, 6.45) is 3.62. The molecule has 1 heterocycles. The molecule has 0 bridgehead atoms. The molecule has 0 radical (unpaired) electrons. The number of aliphatic carboxylic acids is 1. The Bertz CT molecular complexity index is 845. The first kappa shape index (κ1) is 16.4. The van der Waals surface area contributed by atoms with E-state index in [0.717, 1.165) is 26.4 Å². The topological polar surface area (TPSA) is 50.2 Å². The summed E-state index contributed by atoms with van der Waals surface area (Å²) in [5, 5.41) is 9.87. The normalized spacial score (nSPS) is 11.8. The molecule has 122 valence electrons. The number of aryl methyl sites for hydroxylation is 1. The molecule has 0 atom stereocenters. The van der Waals surface area contributed by atoms with Gasteiger partial charge in [-0.2, -0.15) is 0 Å². The highest BCUT2D eigenvalue weighted by Gasteiger charge is 2.10. The van der Waals surface area contributed by atoms with Crippen molar-refractivity contribution in [2.24, 2.45) is 0 Å². The second kappa shape index (κ2) is 7.41. The number of thiazole rings is 1. The first-order valence-electron chi connectivity index (χ1n) is 7.97. The monoisotopic (exact) mass is 337 g/mol. The molecule has 0 fully saturated rings. The van der Waals surface area contributed by atoms with Crippen LogP contribution in [0.3, 0.4) is 0 Å². The molecular formula is C20H19NO2S. The molecule has 3 nitrogen and oxygen atoms in total. The fourth-order valence-corrected chi connectivity index (χ4v) is 3.55. The number of para-hydroxylation sites is 1. The second-order valence-electron chi connectivity index (χ2n) is 5.81. The molecule has 1 aromatic heterocycles. The Labute approximate surface area is 145 Å². The van der Waals surface area contributed by atoms with Gasteiger partial charge < -0.3 is 5.11 Å².